The zero-order valence-corrected chi connectivity index (χ0v) is 16.1. The van der Waals surface area contributed by atoms with E-state index in [1.54, 1.807) is 6.07 Å². The molecule has 2 rings (SSSR count). The monoisotopic (exact) mass is 422 g/mol. The van der Waals surface area contributed by atoms with Gasteiger partial charge in [-0.25, -0.2) is 12.7 Å². The van der Waals surface area contributed by atoms with Gasteiger partial charge in [-0.1, -0.05) is 27.5 Å². The van der Waals surface area contributed by atoms with Crippen molar-refractivity contribution < 1.29 is 13.2 Å². The first kappa shape index (κ1) is 18.7. The lowest BCUT2D eigenvalue weighted by Crippen LogP contribution is -2.30. The highest BCUT2D eigenvalue weighted by Gasteiger charge is 2.24. The zero-order valence-electron chi connectivity index (χ0n) is 12.9. The van der Waals surface area contributed by atoms with Gasteiger partial charge in [0, 0.05) is 24.0 Å². The quantitative estimate of drug-likeness (QED) is 0.761. The molecule has 1 aromatic carbocycles. The second-order valence-electron chi connectivity index (χ2n) is 5.65. The van der Waals surface area contributed by atoms with Gasteiger partial charge < -0.3 is 5.32 Å². The highest BCUT2D eigenvalue weighted by atomic mass is 79.9. The standard InChI is InChI=1S/C15H20BrClN2O3S/c1-11-9-12(16)10-13(17)15(11)18-14(20)5-4-8-23(21,22)19-6-2-3-7-19/h9-10H,2-8H2,1H3,(H,18,20). The summed E-state index contributed by atoms with van der Waals surface area (Å²) in [6, 6.07) is 3.57. The number of hydrogen-bond acceptors (Lipinski definition) is 3. The highest BCUT2D eigenvalue weighted by molar-refractivity contribution is 9.10. The van der Waals surface area contributed by atoms with Crippen LogP contribution in [0, 0.1) is 6.92 Å². The predicted molar refractivity (Wildman–Crippen MR) is 96.3 cm³/mol. The molecule has 8 heteroatoms. The fourth-order valence-corrected chi connectivity index (χ4v) is 5.17. The molecular weight excluding hydrogens is 404 g/mol. The third kappa shape index (κ3) is 5.17. The average molecular weight is 424 g/mol. The van der Waals surface area contributed by atoms with Gasteiger partial charge in [0.05, 0.1) is 16.5 Å². The first-order valence-corrected chi connectivity index (χ1v) is 10.3. The lowest BCUT2D eigenvalue weighted by Gasteiger charge is -2.15. The number of amides is 1. The van der Waals surface area contributed by atoms with E-state index < -0.39 is 10.0 Å². The van der Waals surface area contributed by atoms with E-state index in [0.717, 1.165) is 22.9 Å². The summed E-state index contributed by atoms with van der Waals surface area (Å²) in [5.74, 6) is -0.220. The van der Waals surface area contributed by atoms with Gasteiger partial charge in [0.1, 0.15) is 0 Å². The van der Waals surface area contributed by atoms with Crippen LogP contribution >= 0.6 is 27.5 Å². The number of hydrogen-bond donors (Lipinski definition) is 1. The van der Waals surface area contributed by atoms with Crippen LogP contribution in [0.3, 0.4) is 0 Å². The summed E-state index contributed by atoms with van der Waals surface area (Å²) in [6.45, 7) is 3.05. The van der Waals surface area contributed by atoms with Crippen LogP contribution in [0.4, 0.5) is 5.69 Å². The van der Waals surface area contributed by atoms with E-state index in [0.29, 0.717) is 30.2 Å². The average Bonchev–Trinajstić information content (AvgIpc) is 2.97. The number of benzene rings is 1. The van der Waals surface area contributed by atoms with Gasteiger partial charge in [0.15, 0.2) is 0 Å². The SMILES string of the molecule is Cc1cc(Br)cc(Cl)c1NC(=O)CCCS(=O)(=O)N1CCCC1. The molecule has 1 amide bonds. The summed E-state index contributed by atoms with van der Waals surface area (Å²) >= 11 is 9.47. The largest absolute Gasteiger partial charge is 0.325 e. The molecule has 0 unspecified atom stereocenters. The molecule has 1 N–H and O–H groups in total. The van der Waals surface area contributed by atoms with Crippen molar-refractivity contribution >= 4 is 49.1 Å². The number of carbonyl (C=O) groups excluding carboxylic acids is 1. The Morgan fingerprint density at radius 1 is 1.35 bits per heavy atom. The van der Waals surface area contributed by atoms with Gasteiger partial charge in [0.2, 0.25) is 15.9 Å². The summed E-state index contributed by atoms with van der Waals surface area (Å²) in [6.07, 6.45) is 2.29. The molecule has 128 valence electrons. The molecule has 0 atom stereocenters. The summed E-state index contributed by atoms with van der Waals surface area (Å²) in [5, 5.41) is 3.21. The van der Waals surface area contributed by atoms with Gasteiger partial charge in [-0.3, -0.25) is 4.79 Å². The van der Waals surface area contributed by atoms with Crippen molar-refractivity contribution in [3.8, 4) is 0 Å². The molecule has 1 aliphatic heterocycles. The van der Waals surface area contributed by atoms with Crippen molar-refractivity contribution in [1.82, 2.24) is 4.31 Å². The van der Waals surface area contributed by atoms with Crippen LogP contribution in [-0.2, 0) is 14.8 Å². The van der Waals surface area contributed by atoms with Crippen LogP contribution in [0.15, 0.2) is 16.6 Å². The Bertz CT molecular complexity index is 665. The van der Waals surface area contributed by atoms with Crippen LogP contribution in [0.5, 0.6) is 0 Å². The van der Waals surface area contributed by atoms with E-state index in [1.807, 2.05) is 13.0 Å². The number of anilines is 1. The maximum absolute atomic E-state index is 12.1. The lowest BCUT2D eigenvalue weighted by molar-refractivity contribution is -0.116. The van der Waals surface area contributed by atoms with E-state index in [2.05, 4.69) is 21.2 Å². The predicted octanol–water partition coefficient (Wildman–Crippen LogP) is 3.56. The zero-order chi connectivity index (χ0) is 17.0. The molecule has 1 heterocycles. The fourth-order valence-electron chi connectivity index (χ4n) is 2.57. The minimum atomic E-state index is -3.23. The van der Waals surface area contributed by atoms with Crippen molar-refractivity contribution in [2.24, 2.45) is 0 Å². The van der Waals surface area contributed by atoms with Gasteiger partial charge in [-0.15, -0.1) is 0 Å². The molecule has 0 bridgehead atoms. The lowest BCUT2D eigenvalue weighted by atomic mass is 10.2. The third-order valence-corrected chi connectivity index (χ3v) is 6.49. The Morgan fingerprint density at radius 3 is 2.61 bits per heavy atom. The molecule has 23 heavy (non-hydrogen) atoms. The molecule has 1 aliphatic rings. The minimum Gasteiger partial charge on any atom is -0.325 e. The summed E-state index contributed by atoms with van der Waals surface area (Å²) < 4.78 is 26.5. The van der Waals surface area contributed by atoms with Crippen molar-refractivity contribution in [3.05, 3.63) is 27.2 Å². The Morgan fingerprint density at radius 2 is 2.00 bits per heavy atom. The van der Waals surface area contributed by atoms with Crippen molar-refractivity contribution in [1.29, 1.82) is 0 Å². The third-order valence-electron chi connectivity index (χ3n) is 3.78. The summed E-state index contributed by atoms with van der Waals surface area (Å²) in [7, 11) is -3.23. The second kappa shape index (κ2) is 7.96. The van der Waals surface area contributed by atoms with Crippen molar-refractivity contribution in [2.45, 2.75) is 32.6 Å². The molecule has 0 aliphatic carbocycles. The molecule has 0 spiro atoms. The van der Waals surface area contributed by atoms with Crippen LogP contribution in [0.1, 0.15) is 31.2 Å². The number of carbonyl (C=O) groups is 1. The minimum absolute atomic E-state index is 0.00741. The smallest absolute Gasteiger partial charge is 0.224 e. The summed E-state index contributed by atoms with van der Waals surface area (Å²) in [4.78, 5) is 12.0. The molecule has 1 aromatic rings. The number of nitrogens with zero attached hydrogens (tertiary/aromatic N) is 1. The Labute approximate surface area is 150 Å². The molecule has 0 aromatic heterocycles. The maximum atomic E-state index is 12.1. The molecular formula is C15H20BrClN2O3S. The Balaban J connectivity index is 1.86. The van der Waals surface area contributed by atoms with E-state index >= 15 is 0 Å². The summed E-state index contributed by atoms with van der Waals surface area (Å²) in [5.41, 5.74) is 1.42. The molecule has 5 nitrogen and oxygen atoms in total. The van der Waals surface area contributed by atoms with Gasteiger partial charge in [-0.2, -0.15) is 0 Å². The van der Waals surface area contributed by atoms with Crippen LogP contribution in [-0.4, -0.2) is 37.5 Å². The van der Waals surface area contributed by atoms with Crippen LogP contribution in [0.2, 0.25) is 5.02 Å². The van der Waals surface area contributed by atoms with Gasteiger partial charge >= 0.3 is 0 Å². The van der Waals surface area contributed by atoms with Crippen LogP contribution < -0.4 is 5.32 Å². The molecule has 0 saturated carbocycles. The van der Waals surface area contributed by atoms with Crippen molar-refractivity contribution in [2.75, 3.05) is 24.2 Å². The number of halogens is 2. The Kier molecular flexibility index (Phi) is 6.48. The van der Waals surface area contributed by atoms with Crippen LogP contribution in [0.25, 0.3) is 0 Å². The molecule has 1 fully saturated rings. The topological polar surface area (TPSA) is 66.5 Å². The van der Waals surface area contributed by atoms with Gasteiger partial charge in [-0.05, 0) is 43.9 Å². The highest BCUT2D eigenvalue weighted by Crippen LogP contribution is 2.30. The number of sulfonamides is 1. The first-order valence-electron chi connectivity index (χ1n) is 7.53. The normalized spacial score (nSPS) is 15.8. The first-order chi connectivity index (χ1) is 10.8. The van der Waals surface area contributed by atoms with E-state index in [1.165, 1.54) is 4.31 Å². The molecule has 1 saturated heterocycles. The maximum Gasteiger partial charge on any atom is 0.224 e. The van der Waals surface area contributed by atoms with E-state index in [4.69, 9.17) is 11.6 Å². The molecule has 0 radical (unpaired) electrons. The van der Waals surface area contributed by atoms with Gasteiger partial charge in [0.25, 0.3) is 0 Å². The number of aryl methyl sites for hydroxylation is 1. The second-order valence-corrected chi connectivity index (χ2v) is 9.06. The number of rotatable bonds is 6. The van der Waals surface area contributed by atoms with Crippen molar-refractivity contribution in [3.63, 3.8) is 0 Å². The Hall–Kier alpha value is -0.630. The number of nitrogens with one attached hydrogen (secondary N) is 1. The fraction of sp³-hybridized carbons (Fsp3) is 0.533. The van der Waals surface area contributed by atoms with E-state index in [-0.39, 0.29) is 18.1 Å². The van der Waals surface area contributed by atoms with E-state index in [9.17, 15) is 13.2 Å².